The summed E-state index contributed by atoms with van der Waals surface area (Å²) in [5.41, 5.74) is 0. The van der Waals surface area contributed by atoms with E-state index in [1.54, 1.807) is 5.32 Å². The van der Waals surface area contributed by atoms with E-state index < -0.39 is 36.2 Å². The van der Waals surface area contributed by atoms with Crippen molar-refractivity contribution in [2.45, 2.75) is 44.6 Å². The first kappa shape index (κ1) is 22.0. The number of amides is 2. The van der Waals surface area contributed by atoms with E-state index in [0.717, 1.165) is 0 Å². The SMILES string of the molecule is CCOC(=O)[C@H](CCCCNC(=O)C(F)(F)F)NC(=O)C(F)(F)F. The molecule has 0 spiro atoms. The minimum absolute atomic E-state index is 0.0280. The Balaban J connectivity index is 4.40. The number of ether oxygens (including phenoxy) is 1. The third-order valence-corrected chi connectivity index (χ3v) is 2.60. The zero-order valence-corrected chi connectivity index (χ0v) is 12.5. The second-order valence-corrected chi connectivity index (χ2v) is 4.53. The van der Waals surface area contributed by atoms with Gasteiger partial charge in [0.05, 0.1) is 6.61 Å². The van der Waals surface area contributed by atoms with Gasteiger partial charge in [0.2, 0.25) is 0 Å². The molecule has 0 aromatic rings. The quantitative estimate of drug-likeness (QED) is 0.387. The molecular formula is C12H16F6N2O4. The standard InChI is InChI=1S/C12H16F6N2O4/c1-2-24-8(21)7(20-10(23)12(16,17)18)5-3-4-6-19-9(22)11(13,14)15/h7H,2-6H2,1H3,(H,19,22)(H,20,23)/t7-/m0/s1. The Kier molecular flexibility index (Phi) is 8.54. The van der Waals surface area contributed by atoms with Crippen LogP contribution in [0, 0.1) is 0 Å². The van der Waals surface area contributed by atoms with Gasteiger partial charge >= 0.3 is 30.1 Å². The van der Waals surface area contributed by atoms with E-state index in [9.17, 15) is 40.7 Å². The van der Waals surface area contributed by atoms with E-state index in [0.29, 0.717) is 0 Å². The van der Waals surface area contributed by atoms with Crippen molar-refractivity contribution >= 4 is 17.8 Å². The number of rotatable bonds is 8. The number of unbranched alkanes of at least 4 members (excludes halogenated alkanes) is 1. The molecule has 2 N–H and O–H groups in total. The van der Waals surface area contributed by atoms with Crippen molar-refractivity contribution < 1.29 is 45.5 Å². The lowest BCUT2D eigenvalue weighted by Gasteiger charge is -2.18. The Bertz CT molecular complexity index is 450. The Morgan fingerprint density at radius 1 is 0.958 bits per heavy atom. The summed E-state index contributed by atoms with van der Waals surface area (Å²) in [4.78, 5) is 32.9. The number of carbonyl (C=O) groups is 3. The summed E-state index contributed by atoms with van der Waals surface area (Å²) in [7, 11) is 0. The van der Waals surface area contributed by atoms with Gasteiger partial charge in [0.25, 0.3) is 0 Å². The molecule has 6 nitrogen and oxygen atoms in total. The first-order chi connectivity index (χ1) is 10.9. The fraction of sp³-hybridized carbons (Fsp3) is 0.750. The highest BCUT2D eigenvalue weighted by Crippen LogP contribution is 2.16. The zero-order chi connectivity index (χ0) is 19.0. The predicted molar refractivity (Wildman–Crippen MR) is 67.5 cm³/mol. The van der Waals surface area contributed by atoms with Crippen LogP contribution in [0.2, 0.25) is 0 Å². The average Bonchev–Trinajstić information content (AvgIpc) is 2.43. The van der Waals surface area contributed by atoms with Crippen LogP contribution in [0.4, 0.5) is 26.3 Å². The molecule has 140 valence electrons. The summed E-state index contributed by atoms with van der Waals surface area (Å²) in [6.45, 7) is 0.896. The van der Waals surface area contributed by atoms with Gasteiger partial charge in [-0.1, -0.05) is 0 Å². The highest BCUT2D eigenvalue weighted by molar-refractivity contribution is 5.87. The van der Waals surface area contributed by atoms with E-state index in [-0.39, 0.29) is 32.4 Å². The summed E-state index contributed by atoms with van der Waals surface area (Å²) in [6.07, 6.45) is -10.6. The van der Waals surface area contributed by atoms with Crippen molar-refractivity contribution in [1.29, 1.82) is 0 Å². The maximum atomic E-state index is 12.2. The van der Waals surface area contributed by atoms with Crippen LogP contribution in [0.5, 0.6) is 0 Å². The van der Waals surface area contributed by atoms with Crippen LogP contribution >= 0.6 is 0 Å². The van der Waals surface area contributed by atoms with Crippen molar-refractivity contribution in [2.75, 3.05) is 13.2 Å². The topological polar surface area (TPSA) is 84.5 Å². The highest BCUT2D eigenvalue weighted by atomic mass is 19.4. The Hall–Kier alpha value is -2.01. The van der Waals surface area contributed by atoms with Gasteiger partial charge in [0, 0.05) is 6.54 Å². The minimum Gasteiger partial charge on any atom is -0.464 e. The van der Waals surface area contributed by atoms with Crippen LogP contribution in [0.1, 0.15) is 26.2 Å². The van der Waals surface area contributed by atoms with Crippen LogP contribution in [0.15, 0.2) is 0 Å². The summed E-state index contributed by atoms with van der Waals surface area (Å²) in [5, 5.41) is 3.03. The molecule has 0 aromatic heterocycles. The normalized spacial score (nSPS) is 13.1. The molecule has 12 heteroatoms. The summed E-state index contributed by atoms with van der Waals surface area (Å²) in [5.74, 6) is -5.56. The van der Waals surface area contributed by atoms with Crippen molar-refractivity contribution in [3.05, 3.63) is 0 Å². The molecule has 0 aliphatic heterocycles. The van der Waals surface area contributed by atoms with E-state index in [2.05, 4.69) is 4.74 Å². The molecule has 0 aromatic carbocycles. The number of esters is 1. The van der Waals surface area contributed by atoms with Gasteiger partial charge in [0.15, 0.2) is 0 Å². The lowest BCUT2D eigenvalue weighted by atomic mass is 10.1. The van der Waals surface area contributed by atoms with E-state index >= 15 is 0 Å². The smallest absolute Gasteiger partial charge is 0.464 e. The van der Waals surface area contributed by atoms with Gasteiger partial charge < -0.3 is 15.4 Å². The largest absolute Gasteiger partial charge is 0.471 e. The second-order valence-electron chi connectivity index (χ2n) is 4.53. The molecule has 0 aliphatic rings. The first-order valence-electron chi connectivity index (χ1n) is 6.79. The fourth-order valence-corrected chi connectivity index (χ4v) is 1.51. The molecule has 0 heterocycles. The van der Waals surface area contributed by atoms with Gasteiger partial charge in [0.1, 0.15) is 6.04 Å². The van der Waals surface area contributed by atoms with Gasteiger partial charge in [-0.15, -0.1) is 0 Å². The molecule has 0 rings (SSSR count). The third kappa shape index (κ3) is 8.58. The molecule has 24 heavy (non-hydrogen) atoms. The number of hydrogen-bond acceptors (Lipinski definition) is 4. The van der Waals surface area contributed by atoms with Crippen LogP contribution in [-0.2, 0) is 19.1 Å². The molecule has 0 bridgehead atoms. The summed E-state index contributed by atoms with van der Waals surface area (Å²) < 4.78 is 76.8. The average molecular weight is 366 g/mol. The number of hydrogen-bond donors (Lipinski definition) is 2. The van der Waals surface area contributed by atoms with Crippen LogP contribution in [-0.4, -0.2) is 49.3 Å². The highest BCUT2D eigenvalue weighted by Gasteiger charge is 2.41. The molecule has 0 aliphatic carbocycles. The second kappa shape index (κ2) is 9.33. The van der Waals surface area contributed by atoms with Gasteiger partial charge in [-0.25, -0.2) is 4.79 Å². The van der Waals surface area contributed by atoms with Crippen LogP contribution < -0.4 is 10.6 Å². The zero-order valence-electron chi connectivity index (χ0n) is 12.5. The molecule has 1 atom stereocenters. The molecular weight excluding hydrogens is 350 g/mol. The van der Waals surface area contributed by atoms with Crippen LogP contribution in [0.3, 0.4) is 0 Å². The summed E-state index contributed by atoms with van der Waals surface area (Å²) >= 11 is 0. The maximum Gasteiger partial charge on any atom is 0.471 e. The fourth-order valence-electron chi connectivity index (χ4n) is 1.51. The Morgan fingerprint density at radius 3 is 1.96 bits per heavy atom. The third-order valence-electron chi connectivity index (χ3n) is 2.60. The number of carbonyl (C=O) groups excluding carboxylic acids is 3. The molecule has 0 radical (unpaired) electrons. The van der Waals surface area contributed by atoms with Gasteiger partial charge in [-0.2, -0.15) is 26.3 Å². The Morgan fingerprint density at radius 2 is 1.50 bits per heavy atom. The van der Waals surface area contributed by atoms with E-state index in [1.807, 2.05) is 0 Å². The van der Waals surface area contributed by atoms with E-state index in [1.165, 1.54) is 12.2 Å². The van der Waals surface area contributed by atoms with E-state index in [4.69, 9.17) is 0 Å². The molecule has 2 amide bonds. The van der Waals surface area contributed by atoms with Crippen molar-refractivity contribution in [3.63, 3.8) is 0 Å². The Labute approximate surface area is 132 Å². The lowest BCUT2D eigenvalue weighted by Crippen LogP contribution is -2.47. The number of halogens is 6. The molecule has 0 fully saturated rings. The van der Waals surface area contributed by atoms with Crippen LogP contribution in [0.25, 0.3) is 0 Å². The summed E-state index contributed by atoms with van der Waals surface area (Å²) in [6, 6.07) is -1.59. The predicted octanol–water partition coefficient (Wildman–Crippen LogP) is 1.45. The maximum absolute atomic E-state index is 12.2. The van der Waals surface area contributed by atoms with Crippen molar-refractivity contribution in [3.8, 4) is 0 Å². The minimum atomic E-state index is -5.19. The monoisotopic (exact) mass is 366 g/mol. The molecule has 0 saturated carbocycles. The lowest BCUT2D eigenvalue weighted by molar-refractivity contribution is -0.176. The molecule has 0 saturated heterocycles. The van der Waals surface area contributed by atoms with Gasteiger partial charge in [-0.05, 0) is 26.2 Å². The number of nitrogens with one attached hydrogen (secondary N) is 2. The van der Waals surface area contributed by atoms with Crippen molar-refractivity contribution in [2.24, 2.45) is 0 Å². The van der Waals surface area contributed by atoms with Gasteiger partial charge in [-0.3, -0.25) is 9.59 Å². The first-order valence-corrected chi connectivity index (χ1v) is 6.79. The molecule has 0 unspecified atom stereocenters. The van der Waals surface area contributed by atoms with Crippen molar-refractivity contribution in [1.82, 2.24) is 10.6 Å². The number of alkyl halides is 6.